The molecule has 0 aliphatic rings. The van der Waals surface area contributed by atoms with E-state index in [9.17, 15) is 19.5 Å². The fraction of sp³-hybridized carbons (Fsp3) is 0.267. The van der Waals surface area contributed by atoms with Gasteiger partial charge in [0, 0.05) is 12.4 Å². The van der Waals surface area contributed by atoms with Gasteiger partial charge in [0.05, 0.1) is 5.52 Å². The Labute approximate surface area is 125 Å². The van der Waals surface area contributed by atoms with Crippen LogP contribution in [0.3, 0.4) is 0 Å². The standard InChI is InChI=1S/C15H16N2O5/c1-3-9(15(21)22)16-13(19)11-12(18)8-6-4-5-7-10(8)17(2)14(11)20/h4-7,9,18H,3H2,1-2H3,(H,16,19)(H,21,22)/t9-/m0/s1. The molecule has 7 nitrogen and oxygen atoms in total. The molecule has 0 fully saturated rings. The summed E-state index contributed by atoms with van der Waals surface area (Å²) in [7, 11) is 1.48. The Morgan fingerprint density at radius 2 is 1.95 bits per heavy atom. The van der Waals surface area contributed by atoms with E-state index in [1.165, 1.54) is 11.6 Å². The molecule has 0 radical (unpaired) electrons. The lowest BCUT2D eigenvalue weighted by molar-refractivity contribution is -0.139. The second-order valence-corrected chi connectivity index (χ2v) is 4.88. The summed E-state index contributed by atoms with van der Waals surface area (Å²) < 4.78 is 1.24. The average Bonchev–Trinajstić information content (AvgIpc) is 2.50. The van der Waals surface area contributed by atoms with Crippen LogP contribution >= 0.6 is 0 Å². The summed E-state index contributed by atoms with van der Waals surface area (Å²) in [6, 6.07) is 5.47. The minimum absolute atomic E-state index is 0.162. The highest BCUT2D eigenvalue weighted by Crippen LogP contribution is 2.25. The molecule has 1 atom stereocenters. The first-order chi connectivity index (χ1) is 10.4. The van der Waals surface area contributed by atoms with Gasteiger partial charge in [0.25, 0.3) is 11.5 Å². The molecule has 0 saturated carbocycles. The maximum Gasteiger partial charge on any atom is 0.326 e. The van der Waals surface area contributed by atoms with Gasteiger partial charge < -0.3 is 20.1 Å². The summed E-state index contributed by atoms with van der Waals surface area (Å²) in [5.41, 5.74) is -0.665. The number of para-hydroxylation sites is 1. The Balaban J connectivity index is 2.58. The predicted molar refractivity (Wildman–Crippen MR) is 80.0 cm³/mol. The predicted octanol–water partition coefficient (Wildman–Crippen LogP) is 0.837. The van der Waals surface area contributed by atoms with Crippen molar-refractivity contribution in [3.05, 3.63) is 40.2 Å². The molecule has 1 aromatic heterocycles. The van der Waals surface area contributed by atoms with E-state index in [1.807, 2.05) is 0 Å². The van der Waals surface area contributed by atoms with Gasteiger partial charge in [0.1, 0.15) is 17.4 Å². The van der Waals surface area contributed by atoms with Crippen LogP contribution in [-0.2, 0) is 11.8 Å². The van der Waals surface area contributed by atoms with Crippen molar-refractivity contribution in [2.45, 2.75) is 19.4 Å². The molecule has 1 aromatic carbocycles. The molecule has 2 aromatic rings. The van der Waals surface area contributed by atoms with E-state index in [2.05, 4.69) is 5.32 Å². The lowest BCUT2D eigenvalue weighted by Crippen LogP contribution is -2.42. The lowest BCUT2D eigenvalue weighted by Gasteiger charge is -2.14. The quantitative estimate of drug-likeness (QED) is 0.775. The van der Waals surface area contributed by atoms with E-state index < -0.39 is 34.8 Å². The molecular weight excluding hydrogens is 288 g/mol. The van der Waals surface area contributed by atoms with Gasteiger partial charge in [-0.2, -0.15) is 0 Å². The van der Waals surface area contributed by atoms with E-state index in [-0.39, 0.29) is 6.42 Å². The van der Waals surface area contributed by atoms with Crippen LogP contribution in [-0.4, -0.2) is 32.7 Å². The summed E-state index contributed by atoms with van der Waals surface area (Å²) in [5.74, 6) is -2.55. The molecular formula is C15H16N2O5. The fourth-order valence-corrected chi connectivity index (χ4v) is 2.25. The third-order valence-electron chi connectivity index (χ3n) is 3.51. The highest BCUT2D eigenvalue weighted by Gasteiger charge is 2.25. The van der Waals surface area contributed by atoms with Gasteiger partial charge in [0.2, 0.25) is 0 Å². The van der Waals surface area contributed by atoms with Gasteiger partial charge in [-0.25, -0.2) is 4.79 Å². The summed E-state index contributed by atoms with van der Waals surface area (Å²) in [5, 5.41) is 21.8. The van der Waals surface area contributed by atoms with Crippen LogP contribution in [0, 0.1) is 0 Å². The van der Waals surface area contributed by atoms with Gasteiger partial charge in [-0.15, -0.1) is 0 Å². The van der Waals surface area contributed by atoms with Gasteiger partial charge in [-0.1, -0.05) is 19.1 Å². The number of amides is 1. The second kappa shape index (κ2) is 5.88. The zero-order chi connectivity index (χ0) is 16.4. The van der Waals surface area contributed by atoms with Crippen molar-refractivity contribution in [1.82, 2.24) is 9.88 Å². The third kappa shape index (κ3) is 2.52. The molecule has 1 amide bonds. The van der Waals surface area contributed by atoms with E-state index in [0.29, 0.717) is 10.9 Å². The molecule has 2 rings (SSSR count). The van der Waals surface area contributed by atoms with E-state index in [0.717, 1.165) is 0 Å². The number of aromatic nitrogens is 1. The number of fused-ring (bicyclic) bond motifs is 1. The topological polar surface area (TPSA) is 109 Å². The Morgan fingerprint density at radius 3 is 2.55 bits per heavy atom. The molecule has 1 heterocycles. The van der Waals surface area contributed by atoms with Crippen molar-refractivity contribution in [3.8, 4) is 5.75 Å². The Bertz CT molecular complexity index is 809. The number of carboxylic acids is 1. The fourth-order valence-electron chi connectivity index (χ4n) is 2.25. The number of nitrogens with zero attached hydrogens (tertiary/aromatic N) is 1. The SMILES string of the molecule is CC[C@H](NC(=O)c1c(O)c2ccccc2n(C)c1=O)C(=O)O. The normalized spacial score (nSPS) is 12.1. The van der Waals surface area contributed by atoms with Crippen molar-refractivity contribution in [2.24, 2.45) is 7.05 Å². The Hall–Kier alpha value is -2.83. The van der Waals surface area contributed by atoms with Crippen molar-refractivity contribution in [1.29, 1.82) is 0 Å². The highest BCUT2D eigenvalue weighted by molar-refractivity contribution is 6.03. The van der Waals surface area contributed by atoms with Crippen LogP contribution in [0.2, 0.25) is 0 Å². The first-order valence-corrected chi connectivity index (χ1v) is 6.72. The number of nitrogens with one attached hydrogen (secondary N) is 1. The number of hydrogen-bond acceptors (Lipinski definition) is 4. The molecule has 0 aliphatic carbocycles. The first-order valence-electron chi connectivity index (χ1n) is 6.72. The smallest absolute Gasteiger partial charge is 0.326 e. The number of pyridine rings is 1. The summed E-state index contributed by atoms with van der Waals surface area (Å²) >= 11 is 0. The van der Waals surface area contributed by atoms with E-state index in [1.54, 1.807) is 31.2 Å². The molecule has 0 spiro atoms. The highest BCUT2D eigenvalue weighted by atomic mass is 16.4. The number of carbonyl (C=O) groups excluding carboxylic acids is 1. The number of carbonyl (C=O) groups is 2. The van der Waals surface area contributed by atoms with Gasteiger partial charge >= 0.3 is 5.97 Å². The maximum atomic E-state index is 12.3. The number of aromatic hydroxyl groups is 1. The van der Waals surface area contributed by atoms with Crippen molar-refractivity contribution < 1.29 is 19.8 Å². The Morgan fingerprint density at radius 1 is 1.32 bits per heavy atom. The maximum absolute atomic E-state index is 12.3. The lowest BCUT2D eigenvalue weighted by atomic mass is 10.1. The monoisotopic (exact) mass is 304 g/mol. The zero-order valence-electron chi connectivity index (χ0n) is 12.2. The molecule has 7 heteroatoms. The summed E-state index contributed by atoms with van der Waals surface area (Å²) in [4.78, 5) is 35.5. The molecule has 0 bridgehead atoms. The van der Waals surface area contributed by atoms with Gasteiger partial charge in [0.15, 0.2) is 0 Å². The number of aliphatic carboxylic acids is 1. The van der Waals surface area contributed by atoms with Crippen molar-refractivity contribution >= 4 is 22.8 Å². The molecule has 3 N–H and O–H groups in total. The van der Waals surface area contributed by atoms with Crippen molar-refractivity contribution in [3.63, 3.8) is 0 Å². The van der Waals surface area contributed by atoms with E-state index >= 15 is 0 Å². The summed E-state index contributed by atoms with van der Waals surface area (Å²) in [6.45, 7) is 1.59. The number of aryl methyl sites for hydroxylation is 1. The first kappa shape index (κ1) is 15.6. The van der Waals surface area contributed by atoms with Crippen LogP contribution in [0.15, 0.2) is 29.1 Å². The van der Waals surface area contributed by atoms with Crippen LogP contribution in [0.1, 0.15) is 23.7 Å². The van der Waals surface area contributed by atoms with Crippen LogP contribution in [0.4, 0.5) is 0 Å². The van der Waals surface area contributed by atoms with E-state index in [4.69, 9.17) is 5.11 Å². The summed E-state index contributed by atoms with van der Waals surface area (Å²) in [6.07, 6.45) is 0.162. The molecule has 0 saturated heterocycles. The number of hydrogen-bond donors (Lipinski definition) is 3. The molecule has 22 heavy (non-hydrogen) atoms. The zero-order valence-corrected chi connectivity index (χ0v) is 12.2. The largest absolute Gasteiger partial charge is 0.506 e. The van der Waals surface area contributed by atoms with Crippen LogP contribution in [0.5, 0.6) is 5.75 Å². The van der Waals surface area contributed by atoms with Crippen LogP contribution < -0.4 is 10.9 Å². The molecule has 0 unspecified atom stereocenters. The minimum atomic E-state index is -1.20. The van der Waals surface area contributed by atoms with Crippen LogP contribution in [0.25, 0.3) is 10.9 Å². The number of benzene rings is 1. The Kier molecular flexibility index (Phi) is 4.16. The second-order valence-electron chi connectivity index (χ2n) is 4.88. The molecule has 0 aliphatic heterocycles. The van der Waals surface area contributed by atoms with Gasteiger partial charge in [-0.05, 0) is 18.6 Å². The third-order valence-corrected chi connectivity index (χ3v) is 3.51. The van der Waals surface area contributed by atoms with Crippen molar-refractivity contribution in [2.75, 3.05) is 0 Å². The van der Waals surface area contributed by atoms with Gasteiger partial charge in [-0.3, -0.25) is 9.59 Å². The number of rotatable bonds is 4. The average molecular weight is 304 g/mol. The molecule has 116 valence electrons. The minimum Gasteiger partial charge on any atom is -0.506 e. The number of carboxylic acid groups (broad SMARTS) is 1.